The van der Waals surface area contributed by atoms with Crippen LogP contribution in [-0.4, -0.2) is 41.4 Å². The molecule has 0 spiro atoms. The first kappa shape index (κ1) is 15.3. The third kappa shape index (κ3) is 2.98. The van der Waals surface area contributed by atoms with E-state index in [1.54, 1.807) is 0 Å². The van der Waals surface area contributed by atoms with Crippen LogP contribution in [0.4, 0.5) is 0 Å². The predicted octanol–water partition coefficient (Wildman–Crippen LogP) is 3.23. The van der Waals surface area contributed by atoms with Crippen LogP contribution in [0.25, 0.3) is 0 Å². The van der Waals surface area contributed by atoms with E-state index in [0.29, 0.717) is 12.3 Å². The van der Waals surface area contributed by atoms with Gasteiger partial charge < -0.3 is 9.32 Å². The molecule has 4 heteroatoms. The van der Waals surface area contributed by atoms with Gasteiger partial charge in [-0.25, -0.2) is 0 Å². The molecule has 1 saturated heterocycles. The molecule has 2 aliphatic heterocycles. The van der Waals surface area contributed by atoms with Gasteiger partial charge in [-0.05, 0) is 38.4 Å². The number of hydrogen-bond acceptors (Lipinski definition) is 3. The smallest absolute Gasteiger partial charge is 0.290 e. The van der Waals surface area contributed by atoms with E-state index < -0.39 is 0 Å². The number of aryl methyl sites for hydroxylation is 1. The standard InChI is InChI=1S/C18H26N2O2/c1-3-15-8-7-11-20(15)18(21)17-12-14(16(4-2)22-17)13-19-9-5-6-10-19/h7-8,12,15H,3-6,9-11,13H2,1-2H3/t15-/m1/s1. The number of likely N-dealkylation sites (tertiary alicyclic amines) is 1. The monoisotopic (exact) mass is 302 g/mol. The SMILES string of the molecule is CCc1oc(C(=O)N2CC=C[C@H]2CC)cc1CN1CCCC1. The second-order valence-electron chi connectivity index (χ2n) is 6.26. The van der Waals surface area contributed by atoms with Gasteiger partial charge in [0.2, 0.25) is 0 Å². The molecule has 0 saturated carbocycles. The Hall–Kier alpha value is -1.55. The highest BCUT2D eigenvalue weighted by Gasteiger charge is 2.28. The Labute approximate surface area is 132 Å². The van der Waals surface area contributed by atoms with Gasteiger partial charge in [-0.2, -0.15) is 0 Å². The lowest BCUT2D eigenvalue weighted by atomic mass is 10.2. The van der Waals surface area contributed by atoms with Gasteiger partial charge in [0.05, 0.1) is 6.04 Å². The zero-order valence-electron chi connectivity index (χ0n) is 13.7. The first-order valence-corrected chi connectivity index (χ1v) is 8.54. The maximum Gasteiger partial charge on any atom is 0.290 e. The molecule has 0 N–H and O–H groups in total. The van der Waals surface area contributed by atoms with E-state index >= 15 is 0 Å². The number of amides is 1. The Balaban J connectivity index is 1.76. The van der Waals surface area contributed by atoms with Crippen molar-refractivity contribution in [3.05, 3.63) is 35.3 Å². The van der Waals surface area contributed by atoms with Gasteiger partial charge >= 0.3 is 0 Å². The van der Waals surface area contributed by atoms with E-state index in [1.165, 1.54) is 18.4 Å². The summed E-state index contributed by atoms with van der Waals surface area (Å²) in [5.41, 5.74) is 1.19. The molecule has 4 nitrogen and oxygen atoms in total. The predicted molar refractivity (Wildman–Crippen MR) is 86.9 cm³/mol. The van der Waals surface area contributed by atoms with Crippen LogP contribution in [0.5, 0.6) is 0 Å². The summed E-state index contributed by atoms with van der Waals surface area (Å²) in [6.45, 7) is 8.12. The summed E-state index contributed by atoms with van der Waals surface area (Å²) in [5, 5.41) is 0. The van der Waals surface area contributed by atoms with E-state index in [-0.39, 0.29) is 11.9 Å². The van der Waals surface area contributed by atoms with Crippen molar-refractivity contribution in [1.29, 1.82) is 0 Å². The maximum atomic E-state index is 12.7. The molecule has 2 aliphatic rings. The van der Waals surface area contributed by atoms with Gasteiger partial charge in [-0.1, -0.05) is 26.0 Å². The molecule has 3 rings (SSSR count). The van der Waals surface area contributed by atoms with E-state index in [0.717, 1.165) is 38.2 Å². The quantitative estimate of drug-likeness (QED) is 0.784. The van der Waals surface area contributed by atoms with Gasteiger partial charge in [-0.3, -0.25) is 9.69 Å². The minimum Gasteiger partial charge on any atom is -0.456 e. The van der Waals surface area contributed by atoms with Crippen LogP contribution in [0.15, 0.2) is 22.6 Å². The number of furan rings is 1. The molecule has 0 aromatic carbocycles. The van der Waals surface area contributed by atoms with Gasteiger partial charge in [0, 0.05) is 25.1 Å². The van der Waals surface area contributed by atoms with Crippen molar-refractivity contribution in [3.8, 4) is 0 Å². The summed E-state index contributed by atoms with van der Waals surface area (Å²) < 4.78 is 5.90. The summed E-state index contributed by atoms with van der Waals surface area (Å²) in [7, 11) is 0. The van der Waals surface area contributed by atoms with Crippen LogP contribution in [0, 0.1) is 0 Å². The van der Waals surface area contributed by atoms with Crippen molar-refractivity contribution in [1.82, 2.24) is 9.80 Å². The highest BCUT2D eigenvalue weighted by molar-refractivity contribution is 5.92. The first-order chi connectivity index (χ1) is 10.7. The Morgan fingerprint density at radius 3 is 2.77 bits per heavy atom. The zero-order valence-corrected chi connectivity index (χ0v) is 13.7. The van der Waals surface area contributed by atoms with Crippen LogP contribution in [0.2, 0.25) is 0 Å². The highest BCUT2D eigenvalue weighted by atomic mass is 16.4. The molecular formula is C18H26N2O2. The van der Waals surface area contributed by atoms with Gasteiger partial charge in [0.1, 0.15) is 5.76 Å². The number of rotatable bonds is 5. The molecule has 1 fully saturated rings. The summed E-state index contributed by atoms with van der Waals surface area (Å²) in [6.07, 6.45) is 8.54. The molecule has 1 aromatic heterocycles. The van der Waals surface area contributed by atoms with Crippen molar-refractivity contribution < 1.29 is 9.21 Å². The Morgan fingerprint density at radius 2 is 2.09 bits per heavy atom. The van der Waals surface area contributed by atoms with Crippen LogP contribution in [0.3, 0.4) is 0 Å². The molecule has 1 amide bonds. The number of hydrogen-bond donors (Lipinski definition) is 0. The molecule has 3 heterocycles. The average molecular weight is 302 g/mol. The third-order valence-corrected chi connectivity index (χ3v) is 4.76. The van der Waals surface area contributed by atoms with Crippen LogP contribution in [-0.2, 0) is 13.0 Å². The third-order valence-electron chi connectivity index (χ3n) is 4.76. The van der Waals surface area contributed by atoms with E-state index in [4.69, 9.17) is 4.42 Å². The van der Waals surface area contributed by atoms with E-state index in [9.17, 15) is 4.79 Å². The van der Waals surface area contributed by atoms with Crippen LogP contribution in [0.1, 0.15) is 55.0 Å². The largest absolute Gasteiger partial charge is 0.456 e. The van der Waals surface area contributed by atoms with Crippen molar-refractivity contribution >= 4 is 5.91 Å². The topological polar surface area (TPSA) is 36.7 Å². The zero-order chi connectivity index (χ0) is 15.5. The normalized spacial score (nSPS) is 21.9. The van der Waals surface area contributed by atoms with Crippen molar-refractivity contribution in [2.24, 2.45) is 0 Å². The second-order valence-corrected chi connectivity index (χ2v) is 6.26. The number of nitrogens with zero attached hydrogens (tertiary/aromatic N) is 2. The fourth-order valence-corrected chi connectivity index (χ4v) is 3.49. The lowest BCUT2D eigenvalue weighted by molar-refractivity contribution is 0.0713. The van der Waals surface area contributed by atoms with Gasteiger partial charge in [-0.15, -0.1) is 0 Å². The summed E-state index contributed by atoms with van der Waals surface area (Å²) >= 11 is 0. The van der Waals surface area contributed by atoms with E-state index in [1.807, 2.05) is 11.0 Å². The Bertz CT molecular complexity index is 555. The van der Waals surface area contributed by atoms with Crippen molar-refractivity contribution in [2.75, 3.05) is 19.6 Å². The van der Waals surface area contributed by atoms with Crippen molar-refractivity contribution in [2.45, 2.75) is 52.1 Å². The summed E-state index contributed by atoms with van der Waals surface area (Å²) in [5.74, 6) is 1.50. The minimum absolute atomic E-state index is 0.0271. The van der Waals surface area contributed by atoms with Crippen molar-refractivity contribution in [3.63, 3.8) is 0 Å². The molecule has 1 aromatic rings. The minimum atomic E-state index is 0.0271. The lowest BCUT2D eigenvalue weighted by Gasteiger charge is -2.22. The fourth-order valence-electron chi connectivity index (χ4n) is 3.49. The Kier molecular flexibility index (Phi) is 4.67. The van der Waals surface area contributed by atoms with Gasteiger partial charge in [0.15, 0.2) is 5.76 Å². The first-order valence-electron chi connectivity index (χ1n) is 8.54. The molecule has 0 aliphatic carbocycles. The average Bonchev–Trinajstić information content (AvgIpc) is 3.27. The summed E-state index contributed by atoms with van der Waals surface area (Å²) in [4.78, 5) is 17.1. The number of carbonyl (C=O) groups is 1. The molecule has 0 unspecified atom stereocenters. The Morgan fingerprint density at radius 1 is 1.32 bits per heavy atom. The fraction of sp³-hybridized carbons (Fsp3) is 0.611. The molecule has 1 atom stereocenters. The maximum absolute atomic E-state index is 12.7. The second kappa shape index (κ2) is 6.69. The molecule has 0 radical (unpaired) electrons. The van der Waals surface area contributed by atoms with E-state index in [2.05, 4.69) is 30.9 Å². The molecule has 0 bridgehead atoms. The highest BCUT2D eigenvalue weighted by Crippen LogP contribution is 2.24. The van der Waals surface area contributed by atoms with Gasteiger partial charge in [0.25, 0.3) is 5.91 Å². The molecule has 120 valence electrons. The van der Waals surface area contributed by atoms with Crippen LogP contribution >= 0.6 is 0 Å². The van der Waals surface area contributed by atoms with Crippen LogP contribution < -0.4 is 0 Å². The number of carbonyl (C=O) groups excluding carboxylic acids is 1. The molecule has 22 heavy (non-hydrogen) atoms. The lowest BCUT2D eigenvalue weighted by Crippen LogP contribution is -2.35. The summed E-state index contributed by atoms with van der Waals surface area (Å²) in [6, 6.07) is 2.19. The molecular weight excluding hydrogens is 276 g/mol.